The molecule has 0 aliphatic rings. The summed E-state index contributed by atoms with van der Waals surface area (Å²) in [5.41, 5.74) is 0.710. The maximum atomic E-state index is 13.6. The summed E-state index contributed by atoms with van der Waals surface area (Å²) in [4.78, 5) is 0. The van der Waals surface area contributed by atoms with E-state index < -0.39 is 5.82 Å². The molecule has 0 unspecified atom stereocenters. The van der Waals surface area contributed by atoms with Crippen LogP contribution in [0.15, 0.2) is 42.5 Å². The molecule has 0 spiro atoms. The lowest BCUT2D eigenvalue weighted by atomic mass is 10.1. The summed E-state index contributed by atoms with van der Waals surface area (Å²) in [6.45, 7) is 0. The van der Waals surface area contributed by atoms with Gasteiger partial charge < -0.3 is 9.47 Å². The molecule has 4 heteroatoms. The Balaban J connectivity index is 2.26. The van der Waals surface area contributed by atoms with Crippen molar-refractivity contribution in [1.82, 2.24) is 0 Å². The molecule has 0 bridgehead atoms. The molecule has 0 saturated heterocycles. The smallest absolute Gasteiger partial charge is 0.165 e. The van der Waals surface area contributed by atoms with Crippen LogP contribution >= 0.6 is 0 Å². The van der Waals surface area contributed by atoms with E-state index in [1.165, 1.54) is 12.1 Å². The number of nitriles is 1. The molecule has 0 saturated carbocycles. The quantitative estimate of drug-likeness (QED) is 0.838. The summed E-state index contributed by atoms with van der Waals surface area (Å²) in [5.74, 6) is 0.740. The zero-order valence-corrected chi connectivity index (χ0v) is 10.4. The highest BCUT2D eigenvalue weighted by Gasteiger charge is 2.07. The van der Waals surface area contributed by atoms with Crippen molar-refractivity contribution < 1.29 is 13.9 Å². The third kappa shape index (κ3) is 3.23. The predicted octanol–water partition coefficient (Wildman–Crippen LogP) is 3.69. The minimum atomic E-state index is -0.468. The molecule has 2 aromatic rings. The summed E-state index contributed by atoms with van der Waals surface area (Å²) < 4.78 is 24.2. The third-order valence-corrected chi connectivity index (χ3v) is 2.55. The van der Waals surface area contributed by atoms with Gasteiger partial charge in [-0.25, -0.2) is 4.39 Å². The van der Waals surface area contributed by atoms with E-state index in [-0.39, 0.29) is 12.2 Å². The van der Waals surface area contributed by atoms with Gasteiger partial charge in [-0.3, -0.25) is 0 Å². The fourth-order valence-electron chi connectivity index (χ4n) is 1.62. The molecule has 0 N–H and O–H groups in total. The number of hydrogen-bond acceptors (Lipinski definition) is 3. The van der Waals surface area contributed by atoms with Crippen molar-refractivity contribution in [2.45, 2.75) is 6.42 Å². The van der Waals surface area contributed by atoms with Crippen molar-refractivity contribution in [3.63, 3.8) is 0 Å². The van der Waals surface area contributed by atoms with Gasteiger partial charge in [0.05, 0.1) is 19.6 Å². The molecule has 0 amide bonds. The van der Waals surface area contributed by atoms with Gasteiger partial charge >= 0.3 is 0 Å². The van der Waals surface area contributed by atoms with Gasteiger partial charge in [0.15, 0.2) is 11.6 Å². The average Bonchev–Trinajstić information content (AvgIpc) is 2.43. The standard InChI is InChI=1S/C15H12FNO2/c1-18-12-3-2-4-13(10-12)19-15-9-11(7-8-17)5-6-14(15)16/h2-6,9-10H,7H2,1H3. The van der Waals surface area contributed by atoms with E-state index >= 15 is 0 Å². The first kappa shape index (κ1) is 12.9. The molecular formula is C15H12FNO2. The maximum Gasteiger partial charge on any atom is 0.165 e. The second-order valence-electron chi connectivity index (χ2n) is 3.88. The van der Waals surface area contributed by atoms with Crippen molar-refractivity contribution >= 4 is 0 Å². The Morgan fingerprint density at radius 1 is 1.16 bits per heavy atom. The Labute approximate surface area is 110 Å². The summed E-state index contributed by atoms with van der Waals surface area (Å²) >= 11 is 0. The van der Waals surface area contributed by atoms with Crippen LogP contribution in [0.1, 0.15) is 5.56 Å². The van der Waals surface area contributed by atoms with Gasteiger partial charge in [-0.2, -0.15) is 5.26 Å². The van der Waals surface area contributed by atoms with E-state index in [0.29, 0.717) is 17.1 Å². The Bertz CT molecular complexity index is 620. The predicted molar refractivity (Wildman–Crippen MR) is 68.8 cm³/mol. The molecule has 96 valence electrons. The number of ether oxygens (including phenoxy) is 2. The van der Waals surface area contributed by atoms with Crippen LogP contribution in [0.4, 0.5) is 4.39 Å². The molecule has 2 rings (SSSR count). The summed E-state index contributed by atoms with van der Waals surface area (Å²) in [6.07, 6.45) is 0.217. The number of benzene rings is 2. The highest BCUT2D eigenvalue weighted by Crippen LogP contribution is 2.28. The molecule has 0 heterocycles. The van der Waals surface area contributed by atoms with Crippen LogP contribution < -0.4 is 9.47 Å². The van der Waals surface area contributed by atoms with Gasteiger partial charge in [0.1, 0.15) is 11.5 Å². The number of rotatable bonds is 4. The molecule has 0 atom stereocenters. The minimum Gasteiger partial charge on any atom is -0.497 e. The van der Waals surface area contributed by atoms with Crippen molar-refractivity contribution in [2.75, 3.05) is 7.11 Å². The monoisotopic (exact) mass is 257 g/mol. The molecule has 0 radical (unpaired) electrons. The van der Waals surface area contributed by atoms with Crippen LogP contribution in [0.2, 0.25) is 0 Å². The first-order valence-electron chi connectivity index (χ1n) is 5.70. The molecule has 0 aromatic heterocycles. The SMILES string of the molecule is COc1cccc(Oc2cc(CC#N)ccc2F)c1. The van der Waals surface area contributed by atoms with Crippen LogP contribution in [0.3, 0.4) is 0 Å². The van der Waals surface area contributed by atoms with E-state index in [1.54, 1.807) is 37.4 Å². The van der Waals surface area contributed by atoms with Crippen molar-refractivity contribution in [2.24, 2.45) is 0 Å². The Kier molecular flexibility index (Phi) is 3.99. The first-order valence-corrected chi connectivity index (χ1v) is 5.70. The largest absolute Gasteiger partial charge is 0.497 e. The number of methoxy groups -OCH3 is 1. The number of nitrogens with zero attached hydrogens (tertiary/aromatic N) is 1. The van der Waals surface area contributed by atoms with Gasteiger partial charge in [0.2, 0.25) is 0 Å². The van der Waals surface area contributed by atoms with Gasteiger partial charge in [0.25, 0.3) is 0 Å². The first-order chi connectivity index (χ1) is 9.22. The van der Waals surface area contributed by atoms with Gasteiger partial charge in [-0.05, 0) is 29.8 Å². The lowest BCUT2D eigenvalue weighted by Gasteiger charge is -2.09. The van der Waals surface area contributed by atoms with Crippen molar-refractivity contribution in [3.05, 3.63) is 53.8 Å². The van der Waals surface area contributed by atoms with Crippen LogP contribution in [0.5, 0.6) is 17.2 Å². The number of halogens is 1. The van der Waals surface area contributed by atoms with Crippen LogP contribution in [-0.4, -0.2) is 7.11 Å². The zero-order valence-electron chi connectivity index (χ0n) is 10.4. The number of hydrogen-bond donors (Lipinski definition) is 0. The third-order valence-electron chi connectivity index (χ3n) is 2.55. The van der Waals surface area contributed by atoms with E-state index in [1.807, 2.05) is 6.07 Å². The highest BCUT2D eigenvalue weighted by atomic mass is 19.1. The molecule has 2 aromatic carbocycles. The Morgan fingerprint density at radius 2 is 1.95 bits per heavy atom. The fourth-order valence-corrected chi connectivity index (χ4v) is 1.62. The fraction of sp³-hybridized carbons (Fsp3) is 0.133. The summed E-state index contributed by atoms with van der Waals surface area (Å²) in [5, 5.41) is 8.64. The van der Waals surface area contributed by atoms with E-state index in [4.69, 9.17) is 14.7 Å². The van der Waals surface area contributed by atoms with E-state index in [2.05, 4.69) is 0 Å². The Hall–Kier alpha value is -2.54. The lowest BCUT2D eigenvalue weighted by molar-refractivity contribution is 0.405. The van der Waals surface area contributed by atoms with Crippen LogP contribution in [-0.2, 0) is 6.42 Å². The van der Waals surface area contributed by atoms with Gasteiger partial charge in [-0.15, -0.1) is 0 Å². The lowest BCUT2D eigenvalue weighted by Crippen LogP contribution is -1.91. The van der Waals surface area contributed by atoms with Gasteiger partial charge in [-0.1, -0.05) is 12.1 Å². The minimum absolute atomic E-state index is 0.0982. The van der Waals surface area contributed by atoms with Crippen LogP contribution in [0, 0.1) is 17.1 Å². The van der Waals surface area contributed by atoms with Crippen molar-refractivity contribution in [3.8, 4) is 23.3 Å². The molecule has 0 aliphatic carbocycles. The average molecular weight is 257 g/mol. The molecular weight excluding hydrogens is 245 g/mol. The molecule has 19 heavy (non-hydrogen) atoms. The van der Waals surface area contributed by atoms with E-state index in [9.17, 15) is 4.39 Å². The van der Waals surface area contributed by atoms with Crippen LogP contribution in [0.25, 0.3) is 0 Å². The normalized spacial score (nSPS) is 9.74. The summed E-state index contributed by atoms with van der Waals surface area (Å²) in [6, 6.07) is 13.3. The second kappa shape index (κ2) is 5.87. The summed E-state index contributed by atoms with van der Waals surface area (Å²) in [7, 11) is 1.55. The van der Waals surface area contributed by atoms with E-state index in [0.717, 1.165) is 0 Å². The Morgan fingerprint density at radius 3 is 2.68 bits per heavy atom. The van der Waals surface area contributed by atoms with Gasteiger partial charge in [0, 0.05) is 6.07 Å². The topological polar surface area (TPSA) is 42.2 Å². The molecule has 0 aliphatic heterocycles. The maximum absolute atomic E-state index is 13.6. The molecule has 0 fully saturated rings. The zero-order chi connectivity index (χ0) is 13.7. The highest BCUT2D eigenvalue weighted by molar-refractivity contribution is 5.39. The molecule has 3 nitrogen and oxygen atoms in total. The second-order valence-corrected chi connectivity index (χ2v) is 3.88. The van der Waals surface area contributed by atoms with Crippen molar-refractivity contribution in [1.29, 1.82) is 5.26 Å².